The van der Waals surface area contributed by atoms with Crippen molar-refractivity contribution in [2.75, 3.05) is 32.7 Å². The molecule has 1 amide bonds. The van der Waals surface area contributed by atoms with Crippen LogP contribution >= 0.6 is 0 Å². The molecule has 1 aromatic carbocycles. The average Bonchev–Trinajstić information content (AvgIpc) is 3.60. The number of carbonyl (C=O) groups excluding carboxylic acids is 1. The van der Waals surface area contributed by atoms with Gasteiger partial charge in [0.2, 0.25) is 5.91 Å². The molecule has 7 heteroatoms. The van der Waals surface area contributed by atoms with Crippen LogP contribution in [0.3, 0.4) is 0 Å². The molecule has 7 nitrogen and oxygen atoms in total. The topological polar surface area (TPSA) is 63.5 Å². The second-order valence-corrected chi connectivity index (χ2v) is 10.6. The van der Waals surface area contributed by atoms with E-state index in [1.807, 2.05) is 36.5 Å². The van der Waals surface area contributed by atoms with Gasteiger partial charge in [-0.3, -0.25) is 9.69 Å². The van der Waals surface area contributed by atoms with Crippen LogP contribution < -0.4 is 0 Å². The van der Waals surface area contributed by atoms with Crippen molar-refractivity contribution in [3.05, 3.63) is 47.8 Å². The lowest BCUT2D eigenvalue weighted by atomic mass is 9.89. The molecule has 0 unspecified atom stereocenters. The first-order chi connectivity index (χ1) is 18.0. The maximum atomic E-state index is 12.7. The monoisotopic (exact) mass is 505 g/mol. The second kappa shape index (κ2) is 13.2. The minimum Gasteiger partial charge on any atom is -0.374 e. The predicted molar refractivity (Wildman–Crippen MR) is 146 cm³/mol. The number of hydrogen-bond acceptors (Lipinski definition) is 5. The van der Waals surface area contributed by atoms with Gasteiger partial charge in [0.15, 0.2) is 5.69 Å². The van der Waals surface area contributed by atoms with Crippen LogP contribution in [0, 0.1) is 17.8 Å². The van der Waals surface area contributed by atoms with Gasteiger partial charge in [-0.15, -0.1) is 5.10 Å². The molecule has 2 aliphatic rings. The van der Waals surface area contributed by atoms with Gasteiger partial charge in [0.05, 0.1) is 36.9 Å². The smallest absolute Gasteiger partial charge is 0.228 e. The van der Waals surface area contributed by atoms with Gasteiger partial charge in [-0.2, -0.15) is 0 Å². The van der Waals surface area contributed by atoms with E-state index in [-0.39, 0.29) is 30.1 Å². The molecule has 1 aromatic heterocycles. The first-order valence-corrected chi connectivity index (χ1v) is 14.1. The summed E-state index contributed by atoms with van der Waals surface area (Å²) in [6.07, 6.45) is 7.23. The minimum atomic E-state index is -0.0995. The number of aromatic nitrogens is 3. The van der Waals surface area contributed by atoms with Crippen molar-refractivity contribution in [3.63, 3.8) is 0 Å². The molecule has 0 aliphatic carbocycles. The van der Waals surface area contributed by atoms with E-state index in [1.54, 1.807) is 0 Å². The fourth-order valence-corrected chi connectivity index (χ4v) is 5.69. The van der Waals surface area contributed by atoms with Gasteiger partial charge in [-0.25, -0.2) is 4.68 Å². The molecular formula is C30H43N5O2. The molecule has 4 atom stereocenters. The van der Waals surface area contributed by atoms with Crippen molar-refractivity contribution in [1.29, 1.82) is 0 Å². The summed E-state index contributed by atoms with van der Waals surface area (Å²) < 4.78 is 8.21. The zero-order chi connectivity index (χ0) is 26.2. The van der Waals surface area contributed by atoms with E-state index in [4.69, 9.17) is 4.74 Å². The molecule has 2 aromatic rings. The molecule has 200 valence electrons. The normalized spacial score (nSPS) is 22.3. The molecule has 4 rings (SSSR count). The Balaban J connectivity index is 1.21. The molecule has 2 aliphatic heterocycles. The standard InChI is InChI=1S/C30H43N5O2/c1-5-34(6-2)30(36)24(4)29-15-14-28(37-29)21-23(3)35-22-27(31-32-35)13-10-18-33-19-16-26(17-20-33)25-11-8-7-9-12-25/h7-9,11-12,22-24,26,28-29H,5-6,14-21H2,1-4H3/t23-,24-,28+,29-/m1/s1. The number of amides is 1. The summed E-state index contributed by atoms with van der Waals surface area (Å²) in [6, 6.07) is 11.0. The van der Waals surface area contributed by atoms with Gasteiger partial charge >= 0.3 is 0 Å². The van der Waals surface area contributed by atoms with Crippen molar-refractivity contribution in [1.82, 2.24) is 24.8 Å². The molecule has 0 radical (unpaired) electrons. The molecule has 37 heavy (non-hydrogen) atoms. The SMILES string of the molecule is CCN(CC)C(=O)[C@H](C)[C@H]1CC[C@@H](C[C@@H](C)n2cc(C#CCN3CCC(c4ccccc4)CC3)nn2)O1. The predicted octanol–water partition coefficient (Wildman–Crippen LogP) is 4.51. The van der Waals surface area contributed by atoms with Crippen LogP contribution in [0.4, 0.5) is 0 Å². The van der Waals surface area contributed by atoms with E-state index in [9.17, 15) is 4.79 Å². The van der Waals surface area contributed by atoms with Crippen LogP contribution in [-0.2, 0) is 9.53 Å². The fourth-order valence-electron chi connectivity index (χ4n) is 5.69. The largest absolute Gasteiger partial charge is 0.374 e. The summed E-state index contributed by atoms with van der Waals surface area (Å²) in [4.78, 5) is 17.0. The molecule has 0 N–H and O–H groups in total. The summed E-state index contributed by atoms with van der Waals surface area (Å²) in [7, 11) is 0. The molecule has 0 bridgehead atoms. The van der Waals surface area contributed by atoms with Gasteiger partial charge < -0.3 is 9.64 Å². The first kappa shape index (κ1) is 27.3. The van der Waals surface area contributed by atoms with Crippen LogP contribution in [0.25, 0.3) is 0 Å². The maximum Gasteiger partial charge on any atom is 0.228 e. The van der Waals surface area contributed by atoms with Crippen molar-refractivity contribution in [2.45, 2.75) is 84.0 Å². The van der Waals surface area contributed by atoms with Crippen molar-refractivity contribution in [2.24, 2.45) is 5.92 Å². The Morgan fingerprint density at radius 2 is 1.84 bits per heavy atom. The zero-order valence-electron chi connectivity index (χ0n) is 23.0. The Hall–Kier alpha value is -2.69. The highest BCUT2D eigenvalue weighted by molar-refractivity contribution is 5.79. The van der Waals surface area contributed by atoms with Crippen molar-refractivity contribution >= 4 is 5.91 Å². The third-order valence-electron chi connectivity index (χ3n) is 8.11. The van der Waals surface area contributed by atoms with E-state index < -0.39 is 0 Å². The Kier molecular flexibility index (Phi) is 9.76. The molecule has 3 heterocycles. The third kappa shape index (κ3) is 7.21. The number of hydrogen-bond donors (Lipinski definition) is 0. The van der Waals surface area contributed by atoms with E-state index in [1.165, 1.54) is 18.4 Å². The summed E-state index contributed by atoms with van der Waals surface area (Å²) in [6.45, 7) is 12.6. The summed E-state index contributed by atoms with van der Waals surface area (Å²) >= 11 is 0. The lowest BCUT2D eigenvalue weighted by molar-refractivity contribution is -0.139. The Bertz CT molecular complexity index is 1050. The second-order valence-electron chi connectivity index (χ2n) is 10.6. The summed E-state index contributed by atoms with van der Waals surface area (Å²) in [5, 5.41) is 8.61. The van der Waals surface area contributed by atoms with Crippen LogP contribution in [0.5, 0.6) is 0 Å². The Labute approximate surface area is 222 Å². The molecular weight excluding hydrogens is 462 g/mol. The number of carbonyl (C=O) groups is 1. The number of ether oxygens (including phenoxy) is 1. The highest BCUT2D eigenvalue weighted by Crippen LogP contribution is 2.31. The summed E-state index contributed by atoms with van der Waals surface area (Å²) in [5.41, 5.74) is 2.18. The molecule has 2 saturated heterocycles. The lowest BCUT2D eigenvalue weighted by Crippen LogP contribution is -2.39. The van der Waals surface area contributed by atoms with Gasteiger partial charge in [0, 0.05) is 13.1 Å². The quantitative estimate of drug-likeness (QED) is 0.469. The fraction of sp³-hybridized carbons (Fsp3) is 0.633. The van der Waals surface area contributed by atoms with E-state index in [0.29, 0.717) is 5.92 Å². The van der Waals surface area contributed by atoms with Gasteiger partial charge in [-0.1, -0.05) is 48.4 Å². The zero-order valence-corrected chi connectivity index (χ0v) is 23.0. The Morgan fingerprint density at radius 3 is 2.54 bits per heavy atom. The molecule has 0 saturated carbocycles. The van der Waals surface area contributed by atoms with Gasteiger partial charge in [0.25, 0.3) is 0 Å². The highest BCUT2D eigenvalue weighted by atomic mass is 16.5. The average molecular weight is 506 g/mol. The van der Waals surface area contributed by atoms with Gasteiger partial charge in [-0.05, 0) is 83.4 Å². The Morgan fingerprint density at radius 1 is 1.11 bits per heavy atom. The third-order valence-corrected chi connectivity index (χ3v) is 8.11. The van der Waals surface area contributed by atoms with E-state index >= 15 is 0 Å². The van der Waals surface area contributed by atoms with Crippen molar-refractivity contribution in [3.8, 4) is 11.8 Å². The minimum absolute atomic E-state index is 0.000216. The first-order valence-electron chi connectivity index (χ1n) is 14.1. The molecule has 2 fully saturated rings. The lowest BCUT2D eigenvalue weighted by Gasteiger charge is -2.30. The summed E-state index contributed by atoms with van der Waals surface area (Å²) in [5.74, 6) is 7.26. The van der Waals surface area contributed by atoms with Crippen LogP contribution in [0.1, 0.15) is 83.0 Å². The number of likely N-dealkylation sites (tertiary alicyclic amines) is 1. The number of nitrogens with zero attached hydrogens (tertiary/aromatic N) is 5. The van der Waals surface area contributed by atoms with Gasteiger partial charge in [0.1, 0.15) is 0 Å². The number of benzene rings is 1. The van der Waals surface area contributed by atoms with Crippen molar-refractivity contribution < 1.29 is 9.53 Å². The van der Waals surface area contributed by atoms with Crippen LogP contribution in [0.2, 0.25) is 0 Å². The molecule has 0 spiro atoms. The maximum absolute atomic E-state index is 12.7. The number of rotatable bonds is 9. The highest BCUT2D eigenvalue weighted by Gasteiger charge is 2.35. The van der Waals surface area contributed by atoms with E-state index in [0.717, 1.165) is 57.7 Å². The van der Waals surface area contributed by atoms with E-state index in [2.05, 4.69) is 64.3 Å². The van der Waals surface area contributed by atoms with Crippen LogP contribution in [-0.4, -0.2) is 75.6 Å². The van der Waals surface area contributed by atoms with Crippen LogP contribution in [0.15, 0.2) is 36.5 Å². The number of piperidine rings is 1.